The molecule has 0 saturated heterocycles. The summed E-state index contributed by atoms with van der Waals surface area (Å²) in [5.74, 6) is 2.44. The molecular formula is C18H27NO2S. The number of hydrogen-bond donors (Lipinski definition) is 1. The number of ether oxygens (including phenoxy) is 1. The Morgan fingerprint density at radius 3 is 2.50 bits per heavy atom. The van der Waals surface area contributed by atoms with E-state index in [0.717, 1.165) is 24.3 Å². The van der Waals surface area contributed by atoms with Crippen molar-refractivity contribution < 1.29 is 9.53 Å². The third-order valence-corrected chi connectivity index (χ3v) is 4.86. The lowest BCUT2D eigenvalue weighted by Crippen LogP contribution is -2.36. The van der Waals surface area contributed by atoms with Crippen LogP contribution in [-0.4, -0.2) is 30.1 Å². The molecule has 0 spiro atoms. The number of hydrogen-bond acceptors (Lipinski definition) is 3. The predicted octanol–water partition coefficient (Wildman–Crippen LogP) is 4.03. The molecule has 3 nitrogen and oxygen atoms in total. The average molecular weight is 321 g/mol. The summed E-state index contributed by atoms with van der Waals surface area (Å²) >= 11 is 1.64. The lowest BCUT2D eigenvalue weighted by atomic mass is 9.97. The van der Waals surface area contributed by atoms with Gasteiger partial charge in [-0.1, -0.05) is 50.3 Å². The second kappa shape index (κ2) is 10.5. The number of nitrogens with one attached hydrogen (secondary N) is 1. The maximum atomic E-state index is 12.0. The van der Waals surface area contributed by atoms with E-state index in [9.17, 15) is 4.79 Å². The number of benzene rings is 1. The van der Waals surface area contributed by atoms with Gasteiger partial charge in [-0.15, -0.1) is 11.8 Å². The van der Waals surface area contributed by atoms with Crippen LogP contribution in [0.15, 0.2) is 30.3 Å². The van der Waals surface area contributed by atoms with E-state index in [2.05, 4.69) is 5.32 Å². The zero-order chi connectivity index (χ0) is 15.5. The Bertz CT molecular complexity index is 416. The lowest BCUT2D eigenvalue weighted by molar-refractivity contribution is -0.119. The molecule has 1 fully saturated rings. The summed E-state index contributed by atoms with van der Waals surface area (Å²) in [6.07, 6.45) is 8.79. The highest BCUT2D eigenvalue weighted by Crippen LogP contribution is 2.17. The molecule has 2 rings (SSSR count). The Hall–Kier alpha value is -1.16. The molecule has 0 aliphatic heterocycles. The van der Waals surface area contributed by atoms with Crippen molar-refractivity contribution in [3.05, 3.63) is 30.3 Å². The first-order valence-electron chi connectivity index (χ1n) is 8.39. The van der Waals surface area contributed by atoms with Gasteiger partial charge in [-0.2, -0.15) is 0 Å². The average Bonchev–Trinajstić information content (AvgIpc) is 2.50. The van der Waals surface area contributed by atoms with E-state index < -0.39 is 0 Å². The zero-order valence-corrected chi connectivity index (χ0v) is 14.1. The standard InChI is InChI=1S/C18H27NO2S/c20-18(19-16-9-5-2-1-3-6-10-16)15-22-14-13-21-17-11-7-4-8-12-17/h4,7-8,11-12,16H,1-3,5-6,9-10,13-15H2,(H,19,20). The first kappa shape index (κ1) is 17.2. The highest BCUT2D eigenvalue weighted by atomic mass is 32.2. The van der Waals surface area contributed by atoms with Crippen LogP contribution in [-0.2, 0) is 4.79 Å². The van der Waals surface area contributed by atoms with Crippen LogP contribution in [0.5, 0.6) is 5.75 Å². The van der Waals surface area contributed by atoms with E-state index in [4.69, 9.17) is 4.74 Å². The van der Waals surface area contributed by atoms with E-state index in [1.165, 1.54) is 32.1 Å². The minimum absolute atomic E-state index is 0.176. The fraction of sp³-hybridized carbons (Fsp3) is 0.611. The smallest absolute Gasteiger partial charge is 0.230 e. The third kappa shape index (κ3) is 7.21. The normalized spacial score (nSPS) is 16.5. The van der Waals surface area contributed by atoms with Crippen molar-refractivity contribution >= 4 is 17.7 Å². The number of rotatable bonds is 7. The number of carbonyl (C=O) groups is 1. The molecule has 0 radical (unpaired) electrons. The Balaban J connectivity index is 1.53. The van der Waals surface area contributed by atoms with Crippen LogP contribution in [0.4, 0.5) is 0 Å². The van der Waals surface area contributed by atoms with Crippen molar-refractivity contribution in [3.63, 3.8) is 0 Å². The molecule has 1 aromatic carbocycles. The fourth-order valence-corrected chi connectivity index (χ4v) is 3.38. The van der Waals surface area contributed by atoms with Gasteiger partial charge in [-0.05, 0) is 25.0 Å². The van der Waals surface area contributed by atoms with Crippen molar-refractivity contribution in [1.82, 2.24) is 5.32 Å². The van der Waals surface area contributed by atoms with Gasteiger partial charge in [0.25, 0.3) is 0 Å². The quantitative estimate of drug-likeness (QED) is 0.771. The molecule has 122 valence electrons. The van der Waals surface area contributed by atoms with E-state index in [1.807, 2.05) is 30.3 Å². The van der Waals surface area contributed by atoms with Gasteiger partial charge < -0.3 is 10.1 Å². The monoisotopic (exact) mass is 321 g/mol. The van der Waals surface area contributed by atoms with Crippen LogP contribution < -0.4 is 10.1 Å². The Morgan fingerprint density at radius 1 is 1.09 bits per heavy atom. The van der Waals surface area contributed by atoms with Crippen LogP contribution in [0.1, 0.15) is 44.9 Å². The molecule has 1 aliphatic carbocycles. The van der Waals surface area contributed by atoms with Gasteiger partial charge in [0.05, 0.1) is 12.4 Å². The van der Waals surface area contributed by atoms with Crippen molar-refractivity contribution in [2.24, 2.45) is 0 Å². The number of amides is 1. The first-order valence-corrected chi connectivity index (χ1v) is 9.55. The van der Waals surface area contributed by atoms with Gasteiger partial charge in [0.2, 0.25) is 5.91 Å². The Morgan fingerprint density at radius 2 is 1.77 bits per heavy atom. The summed E-state index contributed by atoms with van der Waals surface area (Å²) < 4.78 is 5.62. The van der Waals surface area contributed by atoms with Crippen LogP contribution in [0.3, 0.4) is 0 Å². The lowest BCUT2D eigenvalue weighted by Gasteiger charge is -2.20. The van der Waals surface area contributed by atoms with Gasteiger partial charge in [0.15, 0.2) is 0 Å². The van der Waals surface area contributed by atoms with Crippen LogP contribution in [0.25, 0.3) is 0 Å². The molecule has 1 saturated carbocycles. The third-order valence-electron chi connectivity index (χ3n) is 3.94. The van der Waals surface area contributed by atoms with Crippen LogP contribution in [0.2, 0.25) is 0 Å². The zero-order valence-electron chi connectivity index (χ0n) is 13.3. The van der Waals surface area contributed by atoms with Gasteiger partial charge in [0.1, 0.15) is 5.75 Å². The summed E-state index contributed by atoms with van der Waals surface area (Å²) in [6, 6.07) is 10.2. The largest absolute Gasteiger partial charge is 0.493 e. The van der Waals surface area contributed by atoms with Gasteiger partial charge in [-0.3, -0.25) is 4.79 Å². The van der Waals surface area contributed by atoms with Gasteiger partial charge in [-0.25, -0.2) is 0 Å². The summed E-state index contributed by atoms with van der Waals surface area (Å²) in [7, 11) is 0. The number of carbonyl (C=O) groups excluding carboxylic acids is 1. The second-order valence-electron chi connectivity index (χ2n) is 5.82. The fourth-order valence-electron chi connectivity index (χ4n) is 2.77. The maximum Gasteiger partial charge on any atom is 0.230 e. The van der Waals surface area contributed by atoms with Crippen molar-refractivity contribution in [1.29, 1.82) is 0 Å². The topological polar surface area (TPSA) is 38.3 Å². The molecule has 0 heterocycles. The molecule has 1 aromatic rings. The second-order valence-corrected chi connectivity index (χ2v) is 6.93. The molecular weight excluding hydrogens is 294 g/mol. The van der Waals surface area contributed by atoms with E-state index in [1.54, 1.807) is 11.8 Å². The highest BCUT2D eigenvalue weighted by Gasteiger charge is 2.13. The van der Waals surface area contributed by atoms with Crippen molar-refractivity contribution in [2.75, 3.05) is 18.1 Å². The summed E-state index contributed by atoms with van der Waals surface area (Å²) in [4.78, 5) is 12.0. The van der Waals surface area contributed by atoms with Gasteiger partial charge in [0, 0.05) is 11.8 Å². The minimum Gasteiger partial charge on any atom is -0.493 e. The van der Waals surface area contributed by atoms with Crippen LogP contribution >= 0.6 is 11.8 Å². The summed E-state index contributed by atoms with van der Waals surface area (Å²) in [6.45, 7) is 0.644. The van der Waals surface area contributed by atoms with Gasteiger partial charge >= 0.3 is 0 Å². The molecule has 0 unspecified atom stereocenters. The molecule has 1 amide bonds. The highest BCUT2D eigenvalue weighted by molar-refractivity contribution is 7.99. The molecule has 1 N–H and O–H groups in total. The van der Waals surface area contributed by atoms with Crippen molar-refractivity contribution in [2.45, 2.75) is 51.0 Å². The molecule has 1 aliphatic rings. The molecule has 22 heavy (non-hydrogen) atoms. The molecule has 0 aromatic heterocycles. The number of thioether (sulfide) groups is 1. The summed E-state index contributed by atoms with van der Waals surface area (Å²) in [5, 5.41) is 3.19. The SMILES string of the molecule is O=C(CSCCOc1ccccc1)NC1CCCCCCC1. The van der Waals surface area contributed by atoms with Crippen molar-refractivity contribution in [3.8, 4) is 5.75 Å². The predicted molar refractivity (Wildman–Crippen MR) is 93.5 cm³/mol. The summed E-state index contributed by atoms with van der Waals surface area (Å²) in [5.41, 5.74) is 0. The maximum absolute atomic E-state index is 12.0. The Labute approximate surface area is 138 Å². The van der Waals surface area contributed by atoms with E-state index >= 15 is 0 Å². The van der Waals surface area contributed by atoms with E-state index in [-0.39, 0.29) is 5.91 Å². The molecule has 0 atom stereocenters. The molecule has 0 bridgehead atoms. The Kier molecular flexibility index (Phi) is 8.24. The number of para-hydroxylation sites is 1. The van der Waals surface area contributed by atoms with Crippen LogP contribution in [0, 0.1) is 0 Å². The van der Waals surface area contributed by atoms with E-state index in [0.29, 0.717) is 18.4 Å². The first-order chi connectivity index (χ1) is 10.8. The minimum atomic E-state index is 0.176. The molecule has 4 heteroatoms.